The van der Waals surface area contributed by atoms with E-state index >= 15 is 0 Å². The maximum absolute atomic E-state index is 5.56. The summed E-state index contributed by atoms with van der Waals surface area (Å²) in [4.78, 5) is 0. The Morgan fingerprint density at radius 1 is 1.38 bits per heavy atom. The van der Waals surface area contributed by atoms with E-state index in [0.29, 0.717) is 13.2 Å². The molecule has 0 spiro atoms. The van der Waals surface area contributed by atoms with E-state index in [2.05, 4.69) is 0 Å². The van der Waals surface area contributed by atoms with Crippen LogP contribution in [0.25, 0.3) is 0 Å². The van der Waals surface area contributed by atoms with Crippen LogP contribution in [-0.2, 0) is 14.2 Å². The third kappa shape index (κ3) is 2.03. The molecule has 0 N–H and O–H groups in total. The molecule has 0 aromatic carbocycles. The zero-order valence-corrected chi connectivity index (χ0v) is 8.79. The summed E-state index contributed by atoms with van der Waals surface area (Å²) in [6.07, 6.45) is 2.02. The fourth-order valence-electron chi connectivity index (χ4n) is 1.57. The van der Waals surface area contributed by atoms with E-state index in [1.54, 1.807) is 0 Å². The van der Waals surface area contributed by atoms with Crippen molar-refractivity contribution in [2.45, 2.75) is 33.7 Å². The van der Waals surface area contributed by atoms with Gasteiger partial charge in [0.25, 0.3) is 0 Å². The minimum atomic E-state index is -0.867. The van der Waals surface area contributed by atoms with Crippen molar-refractivity contribution in [3.8, 4) is 0 Å². The molecule has 1 aliphatic heterocycles. The average Bonchev–Trinajstić information content (AvgIpc) is 2.28. The van der Waals surface area contributed by atoms with E-state index in [0.717, 1.165) is 5.76 Å². The molecule has 0 aromatic rings. The van der Waals surface area contributed by atoms with Gasteiger partial charge in [0.1, 0.15) is 0 Å². The highest BCUT2D eigenvalue weighted by atomic mass is 16.9. The van der Waals surface area contributed by atoms with Gasteiger partial charge in [-0.3, -0.25) is 0 Å². The van der Waals surface area contributed by atoms with Gasteiger partial charge in [-0.25, -0.2) is 0 Å². The van der Waals surface area contributed by atoms with Gasteiger partial charge in [0.2, 0.25) is 0 Å². The molecular weight excluding hydrogens is 168 g/mol. The fraction of sp³-hybridized carbons (Fsp3) is 0.800. The van der Waals surface area contributed by atoms with Crippen LogP contribution < -0.4 is 0 Å². The number of hydrogen-bond donors (Lipinski definition) is 0. The Bertz CT molecular complexity index is 192. The quantitative estimate of drug-likeness (QED) is 0.630. The average molecular weight is 186 g/mol. The fourth-order valence-corrected chi connectivity index (χ4v) is 1.57. The van der Waals surface area contributed by atoms with E-state index in [9.17, 15) is 0 Å². The molecular formula is C10H18O3. The highest BCUT2D eigenvalue weighted by Crippen LogP contribution is 2.35. The maximum atomic E-state index is 5.56. The molecule has 0 radical (unpaired) electrons. The van der Waals surface area contributed by atoms with Gasteiger partial charge >= 0.3 is 5.97 Å². The third-order valence-electron chi connectivity index (χ3n) is 2.04. The Balaban J connectivity index is 2.69. The molecule has 0 saturated heterocycles. The third-order valence-corrected chi connectivity index (χ3v) is 2.04. The van der Waals surface area contributed by atoms with Crippen molar-refractivity contribution in [1.29, 1.82) is 0 Å². The highest BCUT2D eigenvalue weighted by Gasteiger charge is 2.44. The predicted molar refractivity (Wildman–Crippen MR) is 50.0 cm³/mol. The van der Waals surface area contributed by atoms with Crippen LogP contribution in [0.5, 0.6) is 0 Å². The Labute approximate surface area is 79.7 Å². The van der Waals surface area contributed by atoms with Crippen molar-refractivity contribution in [3.63, 3.8) is 0 Å². The van der Waals surface area contributed by atoms with E-state index in [1.165, 1.54) is 0 Å². The largest absolute Gasteiger partial charge is 0.444 e. The molecule has 1 rings (SSSR count). The molecule has 3 heteroatoms. The number of allylic oxidation sites excluding steroid dienone is 1. The second kappa shape index (κ2) is 4.11. The van der Waals surface area contributed by atoms with Gasteiger partial charge in [0.15, 0.2) is 0 Å². The molecule has 1 aliphatic rings. The Hall–Kier alpha value is -0.540. The lowest BCUT2D eigenvalue weighted by Crippen LogP contribution is -2.41. The number of rotatable bonds is 4. The SMILES string of the molecule is CCOC1(OCC)OC(C)=CC1C. The monoisotopic (exact) mass is 186 g/mol. The van der Waals surface area contributed by atoms with Crippen LogP contribution in [0.2, 0.25) is 0 Å². The standard InChI is InChI=1S/C10H18O3/c1-5-11-10(12-6-2)8(3)7-9(4)13-10/h7-8H,5-6H2,1-4H3. The molecule has 0 fully saturated rings. The molecule has 1 atom stereocenters. The van der Waals surface area contributed by atoms with E-state index in [4.69, 9.17) is 14.2 Å². The minimum Gasteiger partial charge on any atom is -0.444 e. The Morgan fingerprint density at radius 2 is 1.92 bits per heavy atom. The number of ether oxygens (including phenoxy) is 3. The van der Waals surface area contributed by atoms with Crippen molar-refractivity contribution < 1.29 is 14.2 Å². The molecule has 1 unspecified atom stereocenters. The summed E-state index contributed by atoms with van der Waals surface area (Å²) in [6, 6.07) is 0. The molecule has 0 aliphatic carbocycles. The zero-order chi connectivity index (χ0) is 9.90. The van der Waals surface area contributed by atoms with Crippen molar-refractivity contribution in [3.05, 3.63) is 11.8 Å². The first-order chi connectivity index (χ1) is 6.14. The summed E-state index contributed by atoms with van der Waals surface area (Å²) in [5.74, 6) is 0.148. The van der Waals surface area contributed by atoms with E-state index < -0.39 is 5.97 Å². The van der Waals surface area contributed by atoms with Gasteiger partial charge in [-0.15, -0.1) is 0 Å². The first-order valence-electron chi connectivity index (χ1n) is 4.80. The van der Waals surface area contributed by atoms with Crippen LogP contribution in [0.3, 0.4) is 0 Å². The normalized spacial score (nSPS) is 25.5. The lowest BCUT2D eigenvalue weighted by molar-refractivity contribution is -0.369. The van der Waals surface area contributed by atoms with Crippen molar-refractivity contribution in [1.82, 2.24) is 0 Å². The first-order valence-corrected chi connectivity index (χ1v) is 4.80. The van der Waals surface area contributed by atoms with E-state index in [1.807, 2.05) is 33.8 Å². The Morgan fingerprint density at radius 3 is 2.23 bits per heavy atom. The Kier molecular flexibility index (Phi) is 3.33. The lowest BCUT2D eigenvalue weighted by Gasteiger charge is -2.31. The molecule has 0 saturated carbocycles. The van der Waals surface area contributed by atoms with Crippen LogP contribution in [0.1, 0.15) is 27.7 Å². The van der Waals surface area contributed by atoms with Crippen molar-refractivity contribution in [2.24, 2.45) is 5.92 Å². The van der Waals surface area contributed by atoms with Gasteiger partial charge in [-0.1, -0.05) is 0 Å². The predicted octanol–water partition coefficient (Wildman–Crippen LogP) is 2.28. The summed E-state index contributed by atoms with van der Waals surface area (Å²) in [5.41, 5.74) is 0. The summed E-state index contributed by atoms with van der Waals surface area (Å²) < 4.78 is 16.6. The van der Waals surface area contributed by atoms with Gasteiger partial charge < -0.3 is 14.2 Å². The molecule has 13 heavy (non-hydrogen) atoms. The molecule has 1 heterocycles. The van der Waals surface area contributed by atoms with Gasteiger partial charge in [-0.2, -0.15) is 0 Å². The molecule has 0 bridgehead atoms. The topological polar surface area (TPSA) is 27.7 Å². The lowest BCUT2D eigenvalue weighted by atomic mass is 10.1. The second-order valence-corrected chi connectivity index (χ2v) is 3.14. The van der Waals surface area contributed by atoms with Crippen molar-refractivity contribution in [2.75, 3.05) is 13.2 Å². The van der Waals surface area contributed by atoms with Crippen LogP contribution in [0.15, 0.2) is 11.8 Å². The zero-order valence-electron chi connectivity index (χ0n) is 8.79. The summed E-state index contributed by atoms with van der Waals surface area (Å²) >= 11 is 0. The van der Waals surface area contributed by atoms with Crippen molar-refractivity contribution >= 4 is 0 Å². The van der Waals surface area contributed by atoms with Crippen LogP contribution in [-0.4, -0.2) is 19.2 Å². The summed E-state index contributed by atoms with van der Waals surface area (Å²) in [5, 5.41) is 0. The summed E-state index contributed by atoms with van der Waals surface area (Å²) in [6.45, 7) is 8.99. The molecule has 3 nitrogen and oxygen atoms in total. The van der Waals surface area contributed by atoms with E-state index in [-0.39, 0.29) is 5.92 Å². The molecule has 0 aromatic heterocycles. The molecule has 0 amide bonds. The molecule has 76 valence electrons. The van der Waals surface area contributed by atoms with Gasteiger partial charge in [0, 0.05) is 0 Å². The van der Waals surface area contributed by atoms with Crippen LogP contribution >= 0.6 is 0 Å². The summed E-state index contributed by atoms with van der Waals surface area (Å²) in [7, 11) is 0. The number of hydrogen-bond acceptors (Lipinski definition) is 3. The highest BCUT2D eigenvalue weighted by molar-refractivity contribution is 5.03. The minimum absolute atomic E-state index is 0.146. The van der Waals surface area contributed by atoms with Gasteiger partial charge in [0.05, 0.1) is 24.9 Å². The maximum Gasteiger partial charge on any atom is 0.333 e. The second-order valence-electron chi connectivity index (χ2n) is 3.14. The van der Waals surface area contributed by atoms with Gasteiger partial charge in [-0.05, 0) is 33.8 Å². The smallest absolute Gasteiger partial charge is 0.333 e. The van der Waals surface area contributed by atoms with Crippen LogP contribution in [0.4, 0.5) is 0 Å². The van der Waals surface area contributed by atoms with Crippen LogP contribution in [0, 0.1) is 5.92 Å². The first kappa shape index (κ1) is 10.5.